The average molecular weight is 288 g/mol. The molecule has 0 spiro atoms. The van der Waals surface area contributed by atoms with Crippen LogP contribution in [0, 0.1) is 0 Å². The van der Waals surface area contributed by atoms with Crippen LogP contribution in [0.4, 0.5) is 13.2 Å². The minimum atomic E-state index is -4.41. The molecule has 1 atom stereocenters. The number of primary amides is 1. The molecule has 0 aliphatic carbocycles. The van der Waals surface area contributed by atoms with Crippen LogP contribution in [0.5, 0.6) is 0 Å². The standard InChI is InChI=1S/C13H15F3N2O2/c1-3-18(12(20)11(17)19)8(2)9-4-6-10(7-5-9)13(14,15)16/h4-8H,3H2,1-2H3,(H2,17,19). The Morgan fingerprint density at radius 2 is 1.75 bits per heavy atom. The number of halogens is 3. The van der Waals surface area contributed by atoms with Crippen molar-refractivity contribution < 1.29 is 22.8 Å². The molecule has 0 bridgehead atoms. The highest BCUT2D eigenvalue weighted by atomic mass is 19.4. The smallest absolute Gasteiger partial charge is 0.361 e. The van der Waals surface area contributed by atoms with Gasteiger partial charge < -0.3 is 10.6 Å². The lowest BCUT2D eigenvalue weighted by Gasteiger charge is -2.27. The van der Waals surface area contributed by atoms with Crippen LogP contribution in [0.1, 0.15) is 31.0 Å². The van der Waals surface area contributed by atoms with Gasteiger partial charge in [-0.15, -0.1) is 0 Å². The maximum Gasteiger partial charge on any atom is 0.416 e. The zero-order valence-corrected chi connectivity index (χ0v) is 11.1. The largest absolute Gasteiger partial charge is 0.416 e. The number of benzene rings is 1. The SMILES string of the molecule is CCN(C(=O)C(N)=O)C(C)c1ccc(C(F)(F)F)cc1. The summed E-state index contributed by atoms with van der Waals surface area (Å²) in [5.41, 5.74) is 4.66. The minimum absolute atomic E-state index is 0.226. The van der Waals surface area contributed by atoms with Gasteiger partial charge in [-0.25, -0.2) is 0 Å². The van der Waals surface area contributed by atoms with Crippen LogP contribution in [0.25, 0.3) is 0 Å². The molecule has 0 heterocycles. The van der Waals surface area contributed by atoms with Gasteiger partial charge in [-0.1, -0.05) is 12.1 Å². The van der Waals surface area contributed by atoms with Gasteiger partial charge in [0.15, 0.2) is 0 Å². The van der Waals surface area contributed by atoms with Crippen LogP contribution in [-0.4, -0.2) is 23.3 Å². The molecule has 2 N–H and O–H groups in total. The number of hydrogen-bond acceptors (Lipinski definition) is 2. The van der Waals surface area contributed by atoms with Crippen LogP contribution in [0.2, 0.25) is 0 Å². The van der Waals surface area contributed by atoms with Crippen LogP contribution < -0.4 is 5.73 Å². The number of likely N-dealkylation sites (N-methyl/N-ethyl adjacent to an activating group) is 1. The summed E-state index contributed by atoms with van der Waals surface area (Å²) in [4.78, 5) is 23.7. The maximum absolute atomic E-state index is 12.5. The van der Waals surface area contributed by atoms with E-state index in [2.05, 4.69) is 0 Å². The first-order chi connectivity index (χ1) is 9.18. The summed E-state index contributed by atoms with van der Waals surface area (Å²) in [6.07, 6.45) is -4.41. The molecule has 1 aromatic rings. The molecule has 110 valence electrons. The van der Waals surface area contributed by atoms with Crippen molar-refractivity contribution in [3.63, 3.8) is 0 Å². The lowest BCUT2D eigenvalue weighted by molar-refractivity contribution is -0.145. The molecule has 2 amide bonds. The monoisotopic (exact) mass is 288 g/mol. The third kappa shape index (κ3) is 3.49. The van der Waals surface area contributed by atoms with Gasteiger partial charge in [0.05, 0.1) is 11.6 Å². The Morgan fingerprint density at radius 3 is 2.10 bits per heavy atom. The normalized spacial score (nSPS) is 12.8. The highest BCUT2D eigenvalue weighted by molar-refractivity contribution is 6.34. The molecule has 4 nitrogen and oxygen atoms in total. The summed E-state index contributed by atoms with van der Waals surface area (Å²) in [6, 6.07) is 3.90. The molecule has 7 heteroatoms. The highest BCUT2D eigenvalue weighted by Crippen LogP contribution is 2.30. The van der Waals surface area contributed by atoms with E-state index in [0.717, 1.165) is 12.1 Å². The molecule has 0 saturated heterocycles. The number of alkyl halides is 3. The number of nitrogens with zero attached hydrogens (tertiary/aromatic N) is 1. The predicted octanol–water partition coefficient (Wildman–Crippen LogP) is 2.10. The average Bonchev–Trinajstić information content (AvgIpc) is 2.38. The summed E-state index contributed by atoms with van der Waals surface area (Å²) in [7, 11) is 0. The number of hydrogen-bond donors (Lipinski definition) is 1. The van der Waals surface area contributed by atoms with Gasteiger partial charge in [-0.05, 0) is 31.5 Å². The molecular formula is C13H15F3N2O2. The molecule has 1 aromatic carbocycles. The van der Waals surface area contributed by atoms with Crippen LogP contribution >= 0.6 is 0 Å². The molecule has 0 aliphatic rings. The van der Waals surface area contributed by atoms with Crippen molar-refractivity contribution in [2.45, 2.75) is 26.1 Å². The van der Waals surface area contributed by atoms with Crippen molar-refractivity contribution in [3.05, 3.63) is 35.4 Å². The van der Waals surface area contributed by atoms with Crippen molar-refractivity contribution in [3.8, 4) is 0 Å². The second kappa shape index (κ2) is 5.94. The zero-order valence-electron chi connectivity index (χ0n) is 11.1. The summed E-state index contributed by atoms with van der Waals surface area (Å²) in [5.74, 6) is -1.95. The Bertz CT molecular complexity index is 497. The number of nitrogens with two attached hydrogens (primary N) is 1. The minimum Gasteiger partial charge on any atom is -0.361 e. The first kappa shape index (κ1) is 16.0. The van der Waals surface area contributed by atoms with Gasteiger partial charge in [-0.3, -0.25) is 9.59 Å². The van der Waals surface area contributed by atoms with Crippen LogP contribution in [-0.2, 0) is 15.8 Å². The Kier molecular flexibility index (Phi) is 4.75. The Balaban J connectivity index is 2.99. The van der Waals surface area contributed by atoms with Gasteiger partial charge in [0.1, 0.15) is 0 Å². The molecule has 1 rings (SSSR count). The van der Waals surface area contributed by atoms with E-state index in [4.69, 9.17) is 5.73 Å². The van der Waals surface area contributed by atoms with E-state index in [1.54, 1.807) is 13.8 Å². The van der Waals surface area contributed by atoms with Gasteiger partial charge >= 0.3 is 18.0 Å². The Morgan fingerprint density at radius 1 is 1.25 bits per heavy atom. The summed E-state index contributed by atoms with van der Waals surface area (Å²) < 4.78 is 37.4. The van der Waals surface area contributed by atoms with Crippen molar-refractivity contribution in [2.24, 2.45) is 5.73 Å². The lowest BCUT2D eigenvalue weighted by atomic mass is 10.0. The van der Waals surface area contributed by atoms with E-state index in [9.17, 15) is 22.8 Å². The van der Waals surface area contributed by atoms with E-state index < -0.39 is 29.6 Å². The number of carbonyl (C=O) groups is 2. The molecule has 0 saturated carbocycles. The molecule has 0 radical (unpaired) electrons. The topological polar surface area (TPSA) is 63.4 Å². The molecular weight excluding hydrogens is 273 g/mol. The first-order valence-corrected chi connectivity index (χ1v) is 5.96. The highest BCUT2D eigenvalue weighted by Gasteiger charge is 2.30. The molecule has 20 heavy (non-hydrogen) atoms. The second-order valence-corrected chi connectivity index (χ2v) is 4.25. The van der Waals surface area contributed by atoms with Crippen molar-refractivity contribution in [1.82, 2.24) is 4.90 Å². The third-order valence-electron chi connectivity index (χ3n) is 3.00. The van der Waals surface area contributed by atoms with E-state index in [1.807, 2.05) is 0 Å². The van der Waals surface area contributed by atoms with Gasteiger partial charge in [0, 0.05) is 6.54 Å². The fourth-order valence-electron chi connectivity index (χ4n) is 1.87. The summed E-state index contributed by atoms with van der Waals surface area (Å²) >= 11 is 0. The fourth-order valence-corrected chi connectivity index (χ4v) is 1.87. The van der Waals surface area contributed by atoms with Crippen LogP contribution in [0.3, 0.4) is 0 Å². The molecule has 1 unspecified atom stereocenters. The maximum atomic E-state index is 12.5. The first-order valence-electron chi connectivity index (χ1n) is 5.96. The Labute approximate surface area is 114 Å². The van der Waals surface area contributed by atoms with Crippen molar-refractivity contribution in [1.29, 1.82) is 0 Å². The molecule has 0 aromatic heterocycles. The van der Waals surface area contributed by atoms with E-state index in [1.165, 1.54) is 17.0 Å². The fraction of sp³-hybridized carbons (Fsp3) is 0.385. The van der Waals surface area contributed by atoms with E-state index in [-0.39, 0.29) is 6.54 Å². The Hall–Kier alpha value is -2.05. The summed E-state index contributed by atoms with van der Waals surface area (Å²) in [5, 5.41) is 0. The van der Waals surface area contributed by atoms with Gasteiger partial charge in [-0.2, -0.15) is 13.2 Å². The van der Waals surface area contributed by atoms with Gasteiger partial charge in [0.2, 0.25) is 0 Å². The lowest BCUT2D eigenvalue weighted by Crippen LogP contribution is -2.41. The van der Waals surface area contributed by atoms with Crippen molar-refractivity contribution in [2.75, 3.05) is 6.54 Å². The third-order valence-corrected chi connectivity index (χ3v) is 3.00. The number of carbonyl (C=O) groups excluding carboxylic acids is 2. The van der Waals surface area contributed by atoms with Crippen LogP contribution in [0.15, 0.2) is 24.3 Å². The second-order valence-electron chi connectivity index (χ2n) is 4.25. The van der Waals surface area contributed by atoms with Gasteiger partial charge in [0.25, 0.3) is 0 Å². The number of rotatable bonds is 3. The quantitative estimate of drug-likeness (QED) is 0.866. The predicted molar refractivity (Wildman–Crippen MR) is 66.4 cm³/mol. The zero-order chi connectivity index (χ0) is 15.5. The van der Waals surface area contributed by atoms with E-state index in [0.29, 0.717) is 5.56 Å². The van der Waals surface area contributed by atoms with E-state index >= 15 is 0 Å². The molecule has 0 aliphatic heterocycles. The molecule has 0 fully saturated rings. The summed E-state index contributed by atoms with van der Waals surface area (Å²) in [6.45, 7) is 3.50. The number of amides is 2. The van der Waals surface area contributed by atoms with Crippen molar-refractivity contribution >= 4 is 11.8 Å².